The van der Waals surface area contributed by atoms with E-state index in [1.165, 1.54) is 24.2 Å². The summed E-state index contributed by atoms with van der Waals surface area (Å²) >= 11 is 1.34. The third-order valence-electron chi connectivity index (χ3n) is 5.20. The summed E-state index contributed by atoms with van der Waals surface area (Å²) < 4.78 is 4.07. The van der Waals surface area contributed by atoms with Crippen LogP contribution in [-0.4, -0.2) is 36.9 Å². The second kappa shape index (κ2) is 10.4. The van der Waals surface area contributed by atoms with Crippen LogP contribution in [0.3, 0.4) is 0 Å². The van der Waals surface area contributed by atoms with E-state index in [1.54, 1.807) is 24.3 Å². The Morgan fingerprint density at radius 3 is 2.24 bits per heavy atom. The minimum absolute atomic E-state index is 0.141. The second-order valence-corrected chi connectivity index (χ2v) is 8.89. The first-order valence-corrected chi connectivity index (χ1v) is 11.8. The van der Waals surface area contributed by atoms with E-state index >= 15 is 0 Å². The largest absolute Gasteiger partial charge is 0.354 e. The number of aryl methyl sites for hydroxylation is 2. The van der Waals surface area contributed by atoms with Crippen molar-refractivity contribution < 1.29 is 9.59 Å². The molecular weight excluding hydrogens is 448 g/mol. The maximum Gasteiger partial charge on any atom is 0.234 e. The number of carbonyl (C=O) groups is 2. The normalized spacial score (nSPS) is 10.8. The highest BCUT2D eigenvalue weighted by Gasteiger charge is 2.17. The zero-order valence-corrected chi connectivity index (χ0v) is 20.1. The molecule has 0 radical (unpaired) electrons. The van der Waals surface area contributed by atoms with E-state index in [4.69, 9.17) is 0 Å². The quantitative estimate of drug-likeness (QED) is 0.374. The van der Waals surface area contributed by atoms with Crippen LogP contribution in [0.25, 0.3) is 5.69 Å². The Hall–Kier alpha value is -3.85. The number of anilines is 2. The number of aromatic nitrogens is 4. The molecule has 0 unspecified atom stereocenters. The summed E-state index contributed by atoms with van der Waals surface area (Å²) in [5.74, 6) is 0.695. The first-order valence-electron chi connectivity index (χ1n) is 10.8. The fourth-order valence-corrected chi connectivity index (χ4v) is 4.24. The highest BCUT2D eigenvalue weighted by atomic mass is 32.2. The van der Waals surface area contributed by atoms with Gasteiger partial charge >= 0.3 is 0 Å². The van der Waals surface area contributed by atoms with Gasteiger partial charge in [0.2, 0.25) is 11.8 Å². The number of thioether (sulfide) groups is 1. The summed E-state index contributed by atoms with van der Waals surface area (Å²) in [6.07, 6.45) is 2.63. The van der Waals surface area contributed by atoms with Crippen molar-refractivity contribution in [3.8, 4) is 5.69 Å². The van der Waals surface area contributed by atoms with Gasteiger partial charge in [-0.25, -0.2) is 0 Å². The predicted octanol–water partition coefficient (Wildman–Crippen LogP) is 4.19. The van der Waals surface area contributed by atoms with Crippen molar-refractivity contribution in [3.05, 3.63) is 83.9 Å². The SMILES string of the molecule is CC(=O)Nc1ccc(NC(=O)CSc2nnc(Cc3cccn3C)n2-c2ccc(C)cc2)cc1. The molecule has 0 saturated carbocycles. The number of amides is 2. The predicted molar refractivity (Wildman–Crippen MR) is 134 cm³/mol. The van der Waals surface area contributed by atoms with Crippen molar-refractivity contribution in [1.82, 2.24) is 19.3 Å². The zero-order chi connectivity index (χ0) is 24.1. The standard InChI is InChI=1S/C25H26N6O2S/c1-17-6-12-21(13-7-17)31-23(15-22-5-4-14-30(22)3)28-29-25(31)34-16-24(33)27-20-10-8-19(9-11-20)26-18(2)32/h4-14H,15-16H2,1-3H3,(H,26,32)(H,27,33). The summed E-state index contributed by atoms with van der Waals surface area (Å²) in [5.41, 5.74) is 4.58. The molecule has 2 N–H and O–H groups in total. The maximum absolute atomic E-state index is 12.6. The van der Waals surface area contributed by atoms with Gasteiger partial charge in [-0.1, -0.05) is 29.5 Å². The number of benzene rings is 2. The van der Waals surface area contributed by atoms with Gasteiger partial charge in [0.15, 0.2) is 5.16 Å². The maximum atomic E-state index is 12.6. The van der Waals surface area contributed by atoms with Crippen molar-refractivity contribution >= 4 is 35.0 Å². The number of nitrogens with one attached hydrogen (secondary N) is 2. The van der Waals surface area contributed by atoms with E-state index in [-0.39, 0.29) is 17.6 Å². The number of carbonyl (C=O) groups excluding carboxylic acids is 2. The average Bonchev–Trinajstić information content (AvgIpc) is 3.40. The third-order valence-corrected chi connectivity index (χ3v) is 6.13. The molecule has 0 spiro atoms. The average molecular weight is 475 g/mol. The number of hydrogen-bond donors (Lipinski definition) is 2. The van der Waals surface area contributed by atoms with Gasteiger partial charge in [-0.3, -0.25) is 14.2 Å². The van der Waals surface area contributed by atoms with Crippen LogP contribution in [0.2, 0.25) is 0 Å². The molecular formula is C25H26N6O2S. The number of rotatable bonds is 8. The van der Waals surface area contributed by atoms with E-state index in [1.807, 2.05) is 55.1 Å². The molecule has 0 fully saturated rings. The summed E-state index contributed by atoms with van der Waals surface area (Å²) in [6, 6.07) is 19.2. The molecule has 2 aromatic heterocycles. The van der Waals surface area contributed by atoms with Crippen LogP contribution in [0.1, 0.15) is 24.0 Å². The first-order chi connectivity index (χ1) is 16.4. The van der Waals surface area contributed by atoms with Gasteiger partial charge in [-0.05, 0) is 55.5 Å². The van der Waals surface area contributed by atoms with Crippen LogP contribution in [0.4, 0.5) is 11.4 Å². The molecule has 0 atom stereocenters. The number of nitrogens with zero attached hydrogens (tertiary/aromatic N) is 4. The summed E-state index contributed by atoms with van der Waals surface area (Å²) in [5, 5.41) is 15.1. The molecule has 4 aromatic rings. The molecule has 0 bridgehead atoms. The Kier molecular flexibility index (Phi) is 7.12. The van der Waals surface area contributed by atoms with Crippen molar-refractivity contribution in [2.75, 3.05) is 16.4 Å². The van der Waals surface area contributed by atoms with Gasteiger partial charge in [-0.2, -0.15) is 0 Å². The fraction of sp³-hybridized carbons (Fsp3) is 0.200. The Morgan fingerprint density at radius 1 is 0.941 bits per heavy atom. The minimum atomic E-state index is -0.153. The Balaban J connectivity index is 1.48. The molecule has 4 rings (SSSR count). The molecule has 174 valence electrons. The van der Waals surface area contributed by atoms with E-state index in [0.717, 1.165) is 17.2 Å². The molecule has 9 heteroatoms. The van der Waals surface area contributed by atoms with Crippen LogP contribution in [0.15, 0.2) is 72.0 Å². The van der Waals surface area contributed by atoms with Crippen LogP contribution in [0, 0.1) is 6.92 Å². The second-order valence-electron chi connectivity index (χ2n) is 7.95. The topological polar surface area (TPSA) is 93.8 Å². The van der Waals surface area contributed by atoms with E-state index in [0.29, 0.717) is 23.0 Å². The highest BCUT2D eigenvalue weighted by Crippen LogP contribution is 2.24. The van der Waals surface area contributed by atoms with Gasteiger partial charge in [0, 0.05) is 49.3 Å². The fourth-order valence-electron chi connectivity index (χ4n) is 3.47. The lowest BCUT2D eigenvalue weighted by Gasteiger charge is -2.11. The van der Waals surface area contributed by atoms with Gasteiger partial charge in [0.05, 0.1) is 5.75 Å². The van der Waals surface area contributed by atoms with Gasteiger partial charge < -0.3 is 15.2 Å². The van der Waals surface area contributed by atoms with Gasteiger partial charge in [0.1, 0.15) is 5.82 Å². The molecule has 0 saturated heterocycles. The summed E-state index contributed by atoms with van der Waals surface area (Å²) in [6.45, 7) is 3.50. The van der Waals surface area contributed by atoms with Gasteiger partial charge in [-0.15, -0.1) is 10.2 Å². The molecule has 0 aliphatic carbocycles. The van der Waals surface area contributed by atoms with Crippen LogP contribution in [0.5, 0.6) is 0 Å². The van der Waals surface area contributed by atoms with Crippen molar-refractivity contribution in [3.63, 3.8) is 0 Å². The molecule has 8 nitrogen and oxygen atoms in total. The lowest BCUT2D eigenvalue weighted by molar-refractivity contribution is -0.114. The Morgan fingerprint density at radius 2 is 1.62 bits per heavy atom. The smallest absolute Gasteiger partial charge is 0.234 e. The lowest BCUT2D eigenvalue weighted by Crippen LogP contribution is -2.15. The molecule has 34 heavy (non-hydrogen) atoms. The lowest BCUT2D eigenvalue weighted by atomic mass is 10.2. The highest BCUT2D eigenvalue weighted by molar-refractivity contribution is 7.99. The molecule has 2 aromatic carbocycles. The summed E-state index contributed by atoms with van der Waals surface area (Å²) in [4.78, 5) is 23.7. The molecule has 2 amide bonds. The van der Waals surface area contributed by atoms with Crippen molar-refractivity contribution in [2.45, 2.75) is 25.4 Å². The molecule has 2 heterocycles. The van der Waals surface area contributed by atoms with Crippen molar-refractivity contribution in [2.24, 2.45) is 7.05 Å². The van der Waals surface area contributed by atoms with Crippen LogP contribution >= 0.6 is 11.8 Å². The monoisotopic (exact) mass is 474 g/mol. The molecule has 0 aliphatic heterocycles. The van der Waals surface area contributed by atoms with Gasteiger partial charge in [0.25, 0.3) is 0 Å². The van der Waals surface area contributed by atoms with Crippen LogP contribution < -0.4 is 10.6 Å². The summed E-state index contributed by atoms with van der Waals surface area (Å²) in [7, 11) is 2.00. The van der Waals surface area contributed by atoms with E-state index in [9.17, 15) is 9.59 Å². The van der Waals surface area contributed by atoms with Crippen LogP contribution in [-0.2, 0) is 23.1 Å². The third kappa shape index (κ3) is 5.74. The van der Waals surface area contributed by atoms with Crippen molar-refractivity contribution in [1.29, 1.82) is 0 Å². The number of hydrogen-bond acceptors (Lipinski definition) is 5. The Bertz CT molecular complexity index is 1290. The first kappa shape index (κ1) is 23.3. The Labute approximate surface area is 202 Å². The minimum Gasteiger partial charge on any atom is -0.354 e. The van der Waals surface area contributed by atoms with E-state index < -0.39 is 0 Å². The molecule has 0 aliphatic rings. The van der Waals surface area contributed by atoms with E-state index in [2.05, 4.69) is 31.5 Å². The zero-order valence-electron chi connectivity index (χ0n) is 19.3.